The Hall–Kier alpha value is -3.51. The average Bonchev–Trinajstić information content (AvgIpc) is 3.45. The molecule has 0 spiro atoms. The average molecular weight is 631 g/mol. The van der Waals surface area contributed by atoms with Crippen molar-refractivity contribution in [3.05, 3.63) is 29.8 Å². The van der Waals surface area contributed by atoms with Gasteiger partial charge in [-0.05, 0) is 63.2 Å². The minimum atomic E-state index is -0.858. The lowest BCUT2D eigenvalue weighted by molar-refractivity contribution is -0.150. The monoisotopic (exact) mass is 630 g/mol. The Morgan fingerprint density at radius 2 is 1.56 bits per heavy atom. The van der Waals surface area contributed by atoms with Crippen LogP contribution in [0.5, 0.6) is 0 Å². The summed E-state index contributed by atoms with van der Waals surface area (Å²) < 4.78 is 0. The van der Waals surface area contributed by atoms with Gasteiger partial charge in [-0.2, -0.15) is 0 Å². The number of nitrogens with one attached hydrogen (secondary N) is 3. The zero-order valence-corrected chi connectivity index (χ0v) is 28.4. The molecule has 0 saturated carbocycles. The molecule has 4 atom stereocenters. The van der Waals surface area contributed by atoms with Gasteiger partial charge in [-0.25, -0.2) is 0 Å². The minimum absolute atomic E-state index is 0.0245. The summed E-state index contributed by atoms with van der Waals surface area (Å²) in [7, 11) is 5.23. The second-order valence-electron chi connectivity index (χ2n) is 13.1. The van der Waals surface area contributed by atoms with Gasteiger partial charge in [0.25, 0.3) is 5.91 Å². The van der Waals surface area contributed by atoms with Crippen LogP contribution < -0.4 is 16.0 Å². The van der Waals surface area contributed by atoms with E-state index < -0.39 is 30.1 Å². The first-order chi connectivity index (χ1) is 21.1. The highest BCUT2D eigenvalue weighted by atomic mass is 16.3. The lowest BCUT2D eigenvalue weighted by Gasteiger charge is -2.38. The van der Waals surface area contributed by atoms with Crippen LogP contribution in [-0.4, -0.2) is 114 Å². The van der Waals surface area contributed by atoms with Gasteiger partial charge < -0.3 is 30.9 Å². The fourth-order valence-corrected chi connectivity index (χ4v) is 6.00. The Labute approximate surface area is 268 Å². The third-order valence-corrected chi connectivity index (χ3v) is 8.22. The van der Waals surface area contributed by atoms with E-state index in [2.05, 4.69) is 16.0 Å². The molecule has 1 heterocycles. The molecule has 0 aromatic heterocycles. The first-order valence-corrected chi connectivity index (χ1v) is 16.0. The maximum Gasteiger partial charge on any atom is 0.253 e. The van der Waals surface area contributed by atoms with Crippen LogP contribution in [0.2, 0.25) is 0 Å². The second kappa shape index (κ2) is 17.3. The Bertz CT molecular complexity index is 1180. The Kier molecular flexibility index (Phi) is 14.4. The third kappa shape index (κ3) is 9.74. The zero-order chi connectivity index (χ0) is 34.0. The van der Waals surface area contributed by atoms with Crippen molar-refractivity contribution in [2.75, 3.05) is 46.2 Å². The number of anilines is 1. The number of para-hydroxylation sites is 1. The first kappa shape index (κ1) is 37.7. The summed E-state index contributed by atoms with van der Waals surface area (Å²) in [6, 6.07) is 3.73. The van der Waals surface area contributed by atoms with E-state index in [0.717, 1.165) is 0 Å². The smallest absolute Gasteiger partial charge is 0.253 e. The van der Waals surface area contributed by atoms with Crippen LogP contribution in [0.3, 0.4) is 0 Å². The third-order valence-electron chi connectivity index (χ3n) is 8.22. The van der Waals surface area contributed by atoms with Gasteiger partial charge in [-0.15, -0.1) is 0 Å². The fourth-order valence-electron chi connectivity index (χ4n) is 6.00. The molecule has 1 saturated heterocycles. The molecule has 5 amide bonds. The first-order valence-electron chi connectivity index (χ1n) is 16.0. The SMILES string of the molecule is CC(C)[C@H](NC(=O)[C@H](C(C)C)N(C)C)C(=O)N(C)[C@H](C(=O)N1CCC[C@H]1C(=O)Nc1ccccc1C(=O)NCCCO)C(C)C. The van der Waals surface area contributed by atoms with E-state index >= 15 is 0 Å². The summed E-state index contributed by atoms with van der Waals surface area (Å²) in [6.07, 6.45) is 1.46. The molecule has 1 aromatic rings. The summed E-state index contributed by atoms with van der Waals surface area (Å²) in [5, 5.41) is 17.5. The van der Waals surface area contributed by atoms with Gasteiger partial charge in [-0.3, -0.25) is 28.9 Å². The van der Waals surface area contributed by atoms with Crippen LogP contribution in [-0.2, 0) is 19.2 Å². The normalized spacial score (nSPS) is 16.9. The van der Waals surface area contributed by atoms with Crippen LogP contribution >= 0.6 is 0 Å². The second-order valence-corrected chi connectivity index (χ2v) is 13.1. The maximum absolute atomic E-state index is 14.1. The van der Waals surface area contributed by atoms with Gasteiger partial charge in [-0.1, -0.05) is 53.7 Å². The molecule has 0 bridgehead atoms. The molecule has 2 rings (SSSR count). The molecule has 12 nitrogen and oxygen atoms in total. The topological polar surface area (TPSA) is 151 Å². The highest BCUT2D eigenvalue weighted by molar-refractivity contribution is 6.06. The van der Waals surface area contributed by atoms with Crippen LogP contribution in [0, 0.1) is 17.8 Å². The number of carbonyl (C=O) groups is 5. The number of carbonyl (C=O) groups excluding carboxylic acids is 5. The van der Waals surface area contributed by atoms with Crippen molar-refractivity contribution >= 4 is 35.2 Å². The Balaban J connectivity index is 2.26. The zero-order valence-electron chi connectivity index (χ0n) is 28.4. The molecule has 0 aliphatic carbocycles. The maximum atomic E-state index is 14.1. The summed E-state index contributed by atoms with van der Waals surface area (Å²) in [4.78, 5) is 72.3. The number of amides is 5. The molecule has 45 heavy (non-hydrogen) atoms. The highest BCUT2D eigenvalue weighted by Gasteiger charge is 2.42. The Morgan fingerprint density at radius 3 is 2.11 bits per heavy atom. The van der Waals surface area contributed by atoms with Crippen molar-refractivity contribution in [2.45, 2.75) is 85.0 Å². The lowest BCUT2D eigenvalue weighted by Crippen LogP contribution is -2.60. The molecule has 4 N–H and O–H groups in total. The van der Waals surface area contributed by atoms with Crippen molar-refractivity contribution < 1.29 is 29.1 Å². The number of hydrogen-bond donors (Lipinski definition) is 4. The van der Waals surface area contributed by atoms with Crippen LogP contribution in [0.15, 0.2) is 24.3 Å². The van der Waals surface area contributed by atoms with Crippen molar-refractivity contribution in [2.24, 2.45) is 17.8 Å². The summed E-state index contributed by atoms with van der Waals surface area (Å²) >= 11 is 0. The Morgan fingerprint density at radius 1 is 0.933 bits per heavy atom. The number of aliphatic hydroxyl groups is 1. The van der Waals surface area contributed by atoms with Crippen LogP contribution in [0.4, 0.5) is 5.69 Å². The van der Waals surface area contributed by atoms with Crippen molar-refractivity contribution in [3.8, 4) is 0 Å². The summed E-state index contributed by atoms with van der Waals surface area (Å²) in [5.74, 6) is -2.22. The largest absolute Gasteiger partial charge is 0.396 e. The van der Waals surface area contributed by atoms with Gasteiger partial charge in [0.05, 0.1) is 17.3 Å². The molecule has 0 radical (unpaired) electrons. The van der Waals surface area contributed by atoms with E-state index in [4.69, 9.17) is 5.11 Å². The van der Waals surface area contributed by atoms with E-state index in [1.54, 1.807) is 31.3 Å². The summed E-state index contributed by atoms with van der Waals surface area (Å²) in [5.41, 5.74) is 0.602. The van der Waals surface area contributed by atoms with E-state index in [0.29, 0.717) is 38.0 Å². The predicted octanol–water partition coefficient (Wildman–Crippen LogP) is 1.94. The lowest BCUT2D eigenvalue weighted by atomic mass is 9.96. The van der Waals surface area contributed by atoms with E-state index in [1.165, 1.54) is 9.80 Å². The molecular weight excluding hydrogens is 576 g/mol. The van der Waals surface area contributed by atoms with Gasteiger partial charge in [0, 0.05) is 26.7 Å². The number of likely N-dealkylation sites (tertiary alicyclic amines) is 1. The number of nitrogens with zero attached hydrogens (tertiary/aromatic N) is 3. The minimum Gasteiger partial charge on any atom is -0.396 e. The molecule has 1 aromatic carbocycles. The number of aliphatic hydroxyl groups excluding tert-OH is 1. The van der Waals surface area contributed by atoms with Gasteiger partial charge in [0.1, 0.15) is 18.1 Å². The fraction of sp³-hybridized carbons (Fsp3) is 0.667. The number of benzene rings is 1. The molecule has 12 heteroatoms. The molecule has 1 fully saturated rings. The van der Waals surface area contributed by atoms with Gasteiger partial charge >= 0.3 is 0 Å². The number of rotatable bonds is 15. The molecule has 0 unspecified atom stereocenters. The van der Waals surface area contributed by atoms with E-state index in [9.17, 15) is 24.0 Å². The van der Waals surface area contributed by atoms with E-state index in [-0.39, 0.29) is 53.6 Å². The van der Waals surface area contributed by atoms with Gasteiger partial charge in [0.15, 0.2) is 0 Å². The quantitative estimate of drug-likeness (QED) is 0.216. The standard InChI is InChI=1S/C33H54N6O6/c1-20(2)26(36-31(43)27(21(3)4)37(7)8)32(44)38(9)28(22(5)6)33(45)39-18-12-16-25(39)30(42)35-24-15-11-10-14-23(24)29(41)34-17-13-19-40/h10-11,14-15,20-22,25-28,40H,12-13,16-19H2,1-9H3,(H,34,41)(H,35,42)(H,36,43)/t25-,26-,27-,28-/m0/s1. The molecule has 252 valence electrons. The van der Waals surface area contributed by atoms with E-state index in [1.807, 2.05) is 60.5 Å². The highest BCUT2D eigenvalue weighted by Crippen LogP contribution is 2.25. The van der Waals surface area contributed by atoms with Crippen LogP contribution in [0.1, 0.15) is 71.2 Å². The number of hydrogen-bond acceptors (Lipinski definition) is 7. The molecule has 1 aliphatic rings. The number of likely N-dealkylation sites (N-methyl/N-ethyl adjacent to an activating group) is 2. The van der Waals surface area contributed by atoms with Crippen molar-refractivity contribution in [1.82, 2.24) is 25.3 Å². The predicted molar refractivity (Wildman–Crippen MR) is 174 cm³/mol. The van der Waals surface area contributed by atoms with Crippen molar-refractivity contribution in [3.63, 3.8) is 0 Å². The molecule has 1 aliphatic heterocycles. The summed E-state index contributed by atoms with van der Waals surface area (Å²) in [6.45, 7) is 11.9. The van der Waals surface area contributed by atoms with Crippen LogP contribution in [0.25, 0.3) is 0 Å². The molecular formula is C33H54N6O6. The van der Waals surface area contributed by atoms with Gasteiger partial charge in [0.2, 0.25) is 23.6 Å². The van der Waals surface area contributed by atoms with Crippen molar-refractivity contribution in [1.29, 1.82) is 0 Å².